The highest BCUT2D eigenvalue weighted by Gasteiger charge is 2.59. The third-order valence-corrected chi connectivity index (χ3v) is 6.40. The normalized spacial score (nSPS) is 31.9. The highest BCUT2D eigenvalue weighted by atomic mass is 32.2. The number of sulfonamides is 1. The van der Waals surface area contributed by atoms with Gasteiger partial charge < -0.3 is 20.1 Å². The molecule has 0 aliphatic carbocycles. The van der Waals surface area contributed by atoms with Crippen molar-refractivity contribution < 1.29 is 27.5 Å². The van der Waals surface area contributed by atoms with Gasteiger partial charge in [-0.05, 0) is 18.8 Å². The number of hydrogen-bond acceptors (Lipinski definition) is 6. The predicted molar refractivity (Wildman–Crippen MR) is 88.2 cm³/mol. The number of ether oxygens (including phenoxy) is 2. The van der Waals surface area contributed by atoms with Crippen LogP contribution in [-0.4, -0.2) is 82.4 Å². The first-order valence-electron chi connectivity index (χ1n) is 8.56. The lowest BCUT2D eigenvalue weighted by Crippen LogP contribution is -2.62. The fraction of sp³-hybridized carbons (Fsp3) is 0.867. The van der Waals surface area contributed by atoms with E-state index in [2.05, 4.69) is 10.6 Å². The molecule has 2 N–H and O–H groups in total. The van der Waals surface area contributed by atoms with Gasteiger partial charge in [-0.25, -0.2) is 8.42 Å². The van der Waals surface area contributed by atoms with Crippen LogP contribution in [0.1, 0.15) is 12.8 Å². The first-order valence-corrected chi connectivity index (χ1v) is 10.4. The van der Waals surface area contributed by atoms with Gasteiger partial charge in [-0.15, -0.1) is 0 Å². The lowest BCUT2D eigenvalue weighted by molar-refractivity contribution is -0.163. The molecule has 0 radical (unpaired) electrons. The van der Waals surface area contributed by atoms with Crippen LogP contribution in [0.4, 0.5) is 0 Å². The van der Waals surface area contributed by atoms with Crippen molar-refractivity contribution in [1.29, 1.82) is 0 Å². The van der Waals surface area contributed by atoms with E-state index in [0.29, 0.717) is 32.2 Å². The van der Waals surface area contributed by atoms with Gasteiger partial charge in [-0.3, -0.25) is 9.59 Å². The second kappa shape index (κ2) is 7.18. The molecule has 0 aromatic heterocycles. The van der Waals surface area contributed by atoms with Crippen LogP contribution < -0.4 is 10.6 Å². The Hall–Kier alpha value is -1.23. The summed E-state index contributed by atoms with van der Waals surface area (Å²) in [5.74, 6) is -1.28. The molecule has 1 spiro atoms. The van der Waals surface area contributed by atoms with E-state index in [1.807, 2.05) is 0 Å². The molecule has 0 aromatic carbocycles. The molecule has 10 heteroatoms. The number of carbonyl (C=O) groups excluding carboxylic acids is 2. The number of morpholine rings is 1. The highest BCUT2D eigenvalue weighted by molar-refractivity contribution is 7.88. The largest absolute Gasteiger partial charge is 0.381 e. The summed E-state index contributed by atoms with van der Waals surface area (Å²) in [6.45, 7) is 2.29. The van der Waals surface area contributed by atoms with E-state index in [1.165, 1.54) is 0 Å². The highest BCUT2D eigenvalue weighted by Crippen LogP contribution is 2.34. The molecule has 3 aliphatic heterocycles. The maximum absolute atomic E-state index is 12.8. The average Bonchev–Trinajstić information content (AvgIpc) is 2.97. The van der Waals surface area contributed by atoms with E-state index < -0.39 is 27.4 Å². The Morgan fingerprint density at radius 3 is 2.72 bits per heavy atom. The van der Waals surface area contributed by atoms with Crippen LogP contribution in [0.25, 0.3) is 0 Å². The zero-order valence-electron chi connectivity index (χ0n) is 14.3. The Morgan fingerprint density at radius 2 is 2.08 bits per heavy atom. The number of amides is 2. The Balaban J connectivity index is 1.73. The quantitative estimate of drug-likeness (QED) is 0.606. The summed E-state index contributed by atoms with van der Waals surface area (Å²) >= 11 is 0. The number of rotatable bonds is 4. The third kappa shape index (κ3) is 3.81. The average molecular weight is 375 g/mol. The van der Waals surface area contributed by atoms with Gasteiger partial charge in [0.05, 0.1) is 25.3 Å². The molecule has 3 saturated heterocycles. The maximum Gasteiger partial charge on any atom is 0.254 e. The van der Waals surface area contributed by atoms with Crippen LogP contribution in [-0.2, 0) is 29.1 Å². The number of nitrogens with zero attached hydrogens (tertiary/aromatic N) is 1. The van der Waals surface area contributed by atoms with Gasteiger partial charge in [0.2, 0.25) is 15.9 Å². The lowest BCUT2D eigenvalue weighted by atomic mass is 9.87. The molecular weight excluding hydrogens is 350 g/mol. The molecule has 142 valence electrons. The molecular formula is C15H25N3O6S. The van der Waals surface area contributed by atoms with Gasteiger partial charge in [0.25, 0.3) is 5.91 Å². The lowest BCUT2D eigenvalue weighted by Gasteiger charge is -2.36. The zero-order valence-corrected chi connectivity index (χ0v) is 15.1. The Kier molecular flexibility index (Phi) is 5.33. The van der Waals surface area contributed by atoms with Crippen LogP contribution in [0.2, 0.25) is 0 Å². The van der Waals surface area contributed by atoms with Crippen molar-refractivity contribution in [3.05, 3.63) is 0 Å². The summed E-state index contributed by atoms with van der Waals surface area (Å²) < 4.78 is 36.0. The summed E-state index contributed by atoms with van der Waals surface area (Å²) in [7, 11) is -3.53. The van der Waals surface area contributed by atoms with E-state index in [1.54, 1.807) is 0 Å². The molecule has 25 heavy (non-hydrogen) atoms. The maximum atomic E-state index is 12.8. The van der Waals surface area contributed by atoms with Crippen LogP contribution in [0, 0.1) is 11.8 Å². The molecule has 3 rings (SSSR count). The van der Waals surface area contributed by atoms with Gasteiger partial charge in [0.1, 0.15) is 0 Å². The molecule has 2 amide bonds. The third-order valence-electron chi connectivity index (χ3n) is 5.18. The Labute approximate surface area is 147 Å². The zero-order chi connectivity index (χ0) is 18.1. The van der Waals surface area contributed by atoms with Crippen molar-refractivity contribution in [1.82, 2.24) is 14.9 Å². The number of nitrogens with one attached hydrogen (secondary N) is 2. The van der Waals surface area contributed by atoms with Crippen LogP contribution in [0.5, 0.6) is 0 Å². The second-order valence-electron chi connectivity index (χ2n) is 6.90. The van der Waals surface area contributed by atoms with E-state index in [9.17, 15) is 18.0 Å². The summed E-state index contributed by atoms with van der Waals surface area (Å²) in [6, 6.07) is 0. The Bertz CT molecular complexity index is 633. The van der Waals surface area contributed by atoms with Crippen molar-refractivity contribution in [3.63, 3.8) is 0 Å². The molecule has 0 unspecified atom stereocenters. The minimum atomic E-state index is -3.53. The molecule has 9 nitrogen and oxygen atoms in total. The SMILES string of the molecule is CS(=O)(=O)N1C[C@H](C(=O)NCC2CCOCC2)[C@@]2(C1)OCCNC2=O. The van der Waals surface area contributed by atoms with Gasteiger partial charge >= 0.3 is 0 Å². The molecule has 2 atom stereocenters. The van der Waals surface area contributed by atoms with Crippen LogP contribution in [0.3, 0.4) is 0 Å². The van der Waals surface area contributed by atoms with Crippen molar-refractivity contribution in [2.24, 2.45) is 11.8 Å². The monoisotopic (exact) mass is 375 g/mol. The van der Waals surface area contributed by atoms with Gasteiger partial charge in [-0.2, -0.15) is 4.31 Å². The number of hydrogen-bond donors (Lipinski definition) is 2. The summed E-state index contributed by atoms with van der Waals surface area (Å²) in [4.78, 5) is 25.2. The van der Waals surface area contributed by atoms with Gasteiger partial charge in [0.15, 0.2) is 5.60 Å². The van der Waals surface area contributed by atoms with Crippen molar-refractivity contribution in [2.45, 2.75) is 18.4 Å². The molecule has 3 fully saturated rings. The van der Waals surface area contributed by atoms with E-state index in [-0.39, 0.29) is 25.6 Å². The second-order valence-corrected chi connectivity index (χ2v) is 8.89. The topological polar surface area (TPSA) is 114 Å². The van der Waals surface area contributed by atoms with Crippen molar-refractivity contribution in [3.8, 4) is 0 Å². The van der Waals surface area contributed by atoms with Gasteiger partial charge in [-0.1, -0.05) is 0 Å². The van der Waals surface area contributed by atoms with Crippen molar-refractivity contribution in [2.75, 3.05) is 52.3 Å². The molecule has 3 heterocycles. The number of carbonyl (C=O) groups is 2. The fourth-order valence-electron chi connectivity index (χ4n) is 3.64. The molecule has 0 aromatic rings. The first kappa shape index (κ1) is 18.6. The fourth-order valence-corrected chi connectivity index (χ4v) is 4.49. The Morgan fingerprint density at radius 1 is 1.36 bits per heavy atom. The standard InChI is InChI=1S/C15H25N3O6S/c1-25(21,22)18-9-12(15(10-18)14(20)16-4-7-24-15)13(19)17-8-11-2-5-23-6-3-11/h11-12H,2-10H2,1H3,(H,16,20)(H,17,19)/t12-,15-/m1/s1. The molecule has 3 aliphatic rings. The smallest absolute Gasteiger partial charge is 0.254 e. The first-order chi connectivity index (χ1) is 11.8. The van der Waals surface area contributed by atoms with E-state index >= 15 is 0 Å². The minimum absolute atomic E-state index is 0.0497. The van der Waals surface area contributed by atoms with Gasteiger partial charge in [0, 0.05) is 32.8 Å². The van der Waals surface area contributed by atoms with Crippen LogP contribution >= 0.6 is 0 Å². The predicted octanol–water partition coefficient (Wildman–Crippen LogP) is -1.69. The van der Waals surface area contributed by atoms with Crippen LogP contribution in [0.15, 0.2) is 0 Å². The van der Waals surface area contributed by atoms with Crippen molar-refractivity contribution >= 4 is 21.8 Å². The summed E-state index contributed by atoms with van der Waals surface area (Å²) in [6.07, 6.45) is 2.83. The van der Waals surface area contributed by atoms with E-state index in [0.717, 1.165) is 23.4 Å². The molecule has 0 bridgehead atoms. The summed E-state index contributed by atoms with van der Waals surface area (Å²) in [5.41, 5.74) is -1.44. The molecule has 0 saturated carbocycles. The van der Waals surface area contributed by atoms with E-state index in [4.69, 9.17) is 9.47 Å². The summed E-state index contributed by atoms with van der Waals surface area (Å²) in [5, 5.41) is 5.58. The minimum Gasteiger partial charge on any atom is -0.381 e.